The normalized spacial score (nSPS) is 21.0. The van der Waals surface area contributed by atoms with E-state index in [9.17, 15) is 20.0 Å². The lowest BCUT2D eigenvalue weighted by Gasteiger charge is -2.33. The first-order valence-electron chi connectivity index (χ1n) is 11.7. The zero-order valence-electron chi connectivity index (χ0n) is 20.6. The SMILES string of the molecule is CC(C)=CCn1c(N2CCCC(N=C(CO)N3CSCC3C#N)C2)nc2c1c(=O)n(C)c(=O)n2C. The van der Waals surface area contributed by atoms with Crippen molar-refractivity contribution < 1.29 is 5.11 Å². The number of piperidine rings is 1. The maximum atomic E-state index is 13.1. The van der Waals surface area contributed by atoms with E-state index in [1.807, 2.05) is 29.4 Å². The summed E-state index contributed by atoms with van der Waals surface area (Å²) in [5, 5.41) is 19.4. The average Bonchev–Trinajstić information content (AvgIpc) is 3.48. The van der Waals surface area contributed by atoms with Crippen molar-refractivity contribution in [3.63, 3.8) is 0 Å². The lowest BCUT2D eigenvalue weighted by atomic mass is 10.1. The number of anilines is 1. The van der Waals surface area contributed by atoms with Crippen LogP contribution in [0.15, 0.2) is 26.2 Å². The second-order valence-electron chi connectivity index (χ2n) is 9.24. The van der Waals surface area contributed by atoms with Gasteiger partial charge >= 0.3 is 5.69 Å². The van der Waals surface area contributed by atoms with Gasteiger partial charge in [0.15, 0.2) is 11.2 Å². The van der Waals surface area contributed by atoms with Gasteiger partial charge in [-0.3, -0.25) is 18.9 Å². The van der Waals surface area contributed by atoms with Crippen LogP contribution in [-0.2, 0) is 20.6 Å². The third-order valence-corrected chi connectivity index (χ3v) is 7.54. The second-order valence-corrected chi connectivity index (χ2v) is 10.2. The number of fused-ring (bicyclic) bond motifs is 1. The van der Waals surface area contributed by atoms with Crippen LogP contribution in [0.5, 0.6) is 0 Å². The molecule has 2 aliphatic heterocycles. The van der Waals surface area contributed by atoms with Crippen molar-refractivity contribution in [3.05, 3.63) is 32.5 Å². The van der Waals surface area contributed by atoms with Crippen molar-refractivity contribution in [1.82, 2.24) is 23.6 Å². The highest BCUT2D eigenvalue weighted by atomic mass is 32.2. The van der Waals surface area contributed by atoms with Crippen LogP contribution in [-0.4, -0.2) is 77.9 Å². The quantitative estimate of drug-likeness (QED) is 0.361. The molecule has 0 saturated carbocycles. The fourth-order valence-corrected chi connectivity index (χ4v) is 5.69. The van der Waals surface area contributed by atoms with Crippen LogP contribution in [0.2, 0.25) is 0 Å². The summed E-state index contributed by atoms with van der Waals surface area (Å²) in [4.78, 5) is 39.2. The molecule has 0 radical (unpaired) electrons. The number of amidine groups is 1. The highest BCUT2D eigenvalue weighted by molar-refractivity contribution is 7.99. The van der Waals surface area contributed by atoms with Crippen LogP contribution in [0.25, 0.3) is 11.2 Å². The van der Waals surface area contributed by atoms with Crippen molar-refractivity contribution in [1.29, 1.82) is 5.26 Å². The van der Waals surface area contributed by atoms with Crippen molar-refractivity contribution in [2.45, 2.75) is 45.3 Å². The summed E-state index contributed by atoms with van der Waals surface area (Å²) in [5.41, 5.74) is 1.10. The van der Waals surface area contributed by atoms with Crippen molar-refractivity contribution in [2.24, 2.45) is 19.1 Å². The van der Waals surface area contributed by atoms with Gasteiger partial charge in [-0.25, -0.2) is 4.79 Å². The number of aryl methyl sites for hydroxylation is 1. The Morgan fingerprint density at radius 3 is 2.77 bits per heavy atom. The molecule has 0 aromatic carbocycles. The first kappa shape index (κ1) is 25.1. The number of hydrogen-bond acceptors (Lipinski definition) is 8. The predicted octanol–water partition coefficient (Wildman–Crippen LogP) is 0.658. The molecular weight excluding hydrogens is 468 g/mol. The molecule has 4 heterocycles. The smallest absolute Gasteiger partial charge is 0.332 e. The van der Waals surface area contributed by atoms with Crippen LogP contribution < -0.4 is 16.1 Å². The van der Waals surface area contributed by atoms with E-state index < -0.39 is 5.69 Å². The van der Waals surface area contributed by atoms with Crippen molar-refractivity contribution in [3.8, 4) is 6.07 Å². The van der Waals surface area contributed by atoms with Crippen LogP contribution in [0.1, 0.15) is 26.7 Å². The maximum Gasteiger partial charge on any atom is 0.332 e. The first-order chi connectivity index (χ1) is 16.8. The Hall–Kier alpha value is -3.04. The van der Waals surface area contributed by atoms with Crippen LogP contribution in [0.3, 0.4) is 0 Å². The predicted molar refractivity (Wildman–Crippen MR) is 138 cm³/mol. The molecule has 1 N–H and O–H groups in total. The summed E-state index contributed by atoms with van der Waals surface area (Å²) >= 11 is 1.66. The molecule has 0 spiro atoms. The topological polar surface area (TPSA) is 125 Å². The monoisotopic (exact) mass is 500 g/mol. The van der Waals surface area contributed by atoms with Crippen LogP contribution in [0.4, 0.5) is 5.95 Å². The molecule has 2 aromatic heterocycles. The van der Waals surface area contributed by atoms with Gasteiger partial charge in [-0.15, -0.1) is 11.8 Å². The van der Waals surface area contributed by atoms with Gasteiger partial charge in [-0.2, -0.15) is 10.2 Å². The summed E-state index contributed by atoms with van der Waals surface area (Å²) in [6.07, 6.45) is 3.75. The Morgan fingerprint density at radius 1 is 1.31 bits per heavy atom. The molecule has 2 saturated heterocycles. The second kappa shape index (κ2) is 10.3. The van der Waals surface area contributed by atoms with E-state index in [2.05, 4.69) is 11.0 Å². The van der Waals surface area contributed by atoms with Crippen LogP contribution in [0, 0.1) is 11.3 Å². The maximum absolute atomic E-state index is 13.1. The number of aliphatic hydroxyl groups is 1. The molecule has 35 heavy (non-hydrogen) atoms. The summed E-state index contributed by atoms with van der Waals surface area (Å²) in [6.45, 7) is 5.55. The number of aromatic nitrogens is 4. The number of imidazole rings is 1. The Balaban J connectivity index is 1.74. The zero-order chi connectivity index (χ0) is 25.3. The third-order valence-electron chi connectivity index (χ3n) is 6.53. The molecule has 2 unspecified atom stereocenters. The number of aliphatic hydroxyl groups excluding tert-OH is 1. The average molecular weight is 501 g/mol. The van der Waals surface area contributed by atoms with Gasteiger partial charge in [-0.05, 0) is 26.7 Å². The zero-order valence-corrected chi connectivity index (χ0v) is 21.5. The summed E-state index contributed by atoms with van der Waals surface area (Å²) < 4.78 is 4.41. The van der Waals surface area contributed by atoms with Gasteiger partial charge in [-0.1, -0.05) is 11.6 Å². The van der Waals surface area contributed by atoms with E-state index >= 15 is 0 Å². The van der Waals surface area contributed by atoms with Gasteiger partial charge in [0.1, 0.15) is 18.5 Å². The molecule has 2 aliphatic rings. The molecule has 11 nitrogen and oxygen atoms in total. The van der Waals surface area contributed by atoms with Gasteiger partial charge in [0.25, 0.3) is 5.56 Å². The van der Waals surface area contributed by atoms with Crippen molar-refractivity contribution >= 4 is 34.7 Å². The molecule has 0 amide bonds. The number of hydrogen-bond donors (Lipinski definition) is 1. The Kier molecular flexibility index (Phi) is 7.37. The van der Waals surface area contributed by atoms with Gasteiger partial charge in [0, 0.05) is 39.5 Å². The minimum Gasteiger partial charge on any atom is -0.388 e. The van der Waals surface area contributed by atoms with E-state index in [-0.39, 0.29) is 24.2 Å². The summed E-state index contributed by atoms with van der Waals surface area (Å²) in [7, 11) is 3.11. The number of aliphatic imine (C=N–C) groups is 1. The number of nitriles is 1. The molecule has 2 atom stereocenters. The fraction of sp³-hybridized carbons (Fsp3) is 0.609. The minimum atomic E-state index is -0.412. The van der Waals surface area contributed by atoms with Gasteiger partial charge < -0.3 is 19.5 Å². The van der Waals surface area contributed by atoms with Gasteiger partial charge in [0.05, 0.1) is 18.0 Å². The highest BCUT2D eigenvalue weighted by Gasteiger charge is 2.30. The molecule has 2 fully saturated rings. The third kappa shape index (κ3) is 4.75. The number of thioether (sulfide) groups is 1. The Morgan fingerprint density at radius 2 is 2.09 bits per heavy atom. The molecule has 4 rings (SSSR count). The van der Waals surface area contributed by atoms with E-state index in [1.54, 1.807) is 18.8 Å². The molecular formula is C23H32N8O3S. The number of nitrogens with zero attached hydrogens (tertiary/aromatic N) is 8. The first-order valence-corrected chi connectivity index (χ1v) is 12.9. The molecule has 0 aliphatic carbocycles. The molecule has 2 aromatic rings. The summed E-state index contributed by atoms with van der Waals surface area (Å²) in [6, 6.07) is 1.93. The van der Waals surface area contributed by atoms with E-state index in [1.165, 1.54) is 11.6 Å². The molecule has 12 heteroatoms. The Labute approximate surface area is 208 Å². The van der Waals surface area contributed by atoms with E-state index in [0.29, 0.717) is 47.7 Å². The molecule has 0 bridgehead atoms. The van der Waals surface area contributed by atoms with Crippen LogP contribution >= 0.6 is 11.8 Å². The molecule has 188 valence electrons. The number of allylic oxidation sites excluding steroid dienone is 2. The van der Waals surface area contributed by atoms with E-state index in [4.69, 9.17) is 9.98 Å². The standard InChI is InChI=1S/C23H32N8O3S/c1-15(2)7-9-30-19-20(27(3)23(34)28(4)21(19)33)26-22(30)29-8-5-6-16(11-29)25-18(12-32)31-14-35-13-17(31)10-24/h7,16-17,32H,5-6,8-9,11-14H2,1-4H3. The van der Waals surface area contributed by atoms with Crippen molar-refractivity contribution in [2.75, 3.05) is 36.2 Å². The number of rotatable bonds is 5. The summed E-state index contributed by atoms with van der Waals surface area (Å²) in [5.74, 6) is 2.52. The lowest BCUT2D eigenvalue weighted by Crippen LogP contribution is -2.42. The largest absolute Gasteiger partial charge is 0.388 e. The highest BCUT2D eigenvalue weighted by Crippen LogP contribution is 2.26. The van der Waals surface area contributed by atoms with Gasteiger partial charge in [0.2, 0.25) is 5.95 Å². The minimum absolute atomic E-state index is 0.0841. The Bertz CT molecular complexity index is 1330. The van der Waals surface area contributed by atoms with E-state index in [0.717, 1.165) is 29.5 Å². The fourth-order valence-electron chi connectivity index (χ4n) is 4.59. The lowest BCUT2D eigenvalue weighted by molar-refractivity contribution is 0.323.